The number of nitrogens with two attached hydrogens (primary N) is 1. The van der Waals surface area contributed by atoms with Crippen molar-refractivity contribution in [1.29, 1.82) is 0 Å². The van der Waals surface area contributed by atoms with Crippen molar-refractivity contribution in [3.8, 4) is 0 Å². The molecular weight excluding hydrogens is 440 g/mol. The molecule has 22 heavy (non-hydrogen) atoms. The third-order valence-electron chi connectivity index (χ3n) is 2.56. The van der Waals surface area contributed by atoms with Crippen LogP contribution in [0.15, 0.2) is 47.4 Å². The van der Waals surface area contributed by atoms with Gasteiger partial charge in [-0.1, -0.05) is 0 Å². The molecule has 2 aromatic carbocycles. The second-order valence-electron chi connectivity index (χ2n) is 4.31. The van der Waals surface area contributed by atoms with Crippen LogP contribution in [0.25, 0.3) is 0 Å². The molecule has 0 spiro atoms. The number of hydrogen-bond acceptors (Lipinski definition) is 3. The Balaban J connectivity index is 2.06. The smallest absolute Gasteiger partial charge is 0.238 e. The maximum absolute atomic E-state index is 13.3. The first-order valence-corrected chi connectivity index (χ1v) is 8.94. The number of rotatable bonds is 3. The van der Waals surface area contributed by atoms with Crippen LogP contribution in [-0.2, 0) is 10.0 Å². The van der Waals surface area contributed by atoms with Crippen LogP contribution in [0, 0.1) is 9.39 Å². The zero-order valence-corrected chi connectivity index (χ0v) is 14.8. The van der Waals surface area contributed by atoms with Gasteiger partial charge in [0.2, 0.25) is 10.0 Å². The van der Waals surface area contributed by atoms with E-state index in [4.69, 9.17) is 17.4 Å². The predicted octanol–water partition coefficient (Wildman–Crippen LogP) is 2.89. The van der Waals surface area contributed by atoms with Gasteiger partial charge in [0.05, 0.1) is 4.90 Å². The normalized spacial score (nSPS) is 11.0. The molecule has 0 saturated heterocycles. The van der Waals surface area contributed by atoms with Crippen molar-refractivity contribution < 1.29 is 12.8 Å². The Hall–Kier alpha value is -1.30. The van der Waals surface area contributed by atoms with Gasteiger partial charge in [-0.3, -0.25) is 0 Å². The Kier molecular flexibility index (Phi) is 5.32. The van der Waals surface area contributed by atoms with E-state index in [1.54, 1.807) is 6.07 Å². The number of thiocarbonyl (C=S) groups is 1. The van der Waals surface area contributed by atoms with Crippen LogP contribution in [0.3, 0.4) is 0 Å². The number of sulfonamides is 1. The fourth-order valence-electron chi connectivity index (χ4n) is 1.65. The van der Waals surface area contributed by atoms with Crippen LogP contribution in [0.5, 0.6) is 0 Å². The molecular formula is C13H11FIN3O2S2. The van der Waals surface area contributed by atoms with E-state index >= 15 is 0 Å². The van der Waals surface area contributed by atoms with Crippen molar-refractivity contribution in [3.63, 3.8) is 0 Å². The third-order valence-corrected chi connectivity index (χ3v) is 4.32. The van der Waals surface area contributed by atoms with Crippen molar-refractivity contribution >= 4 is 61.3 Å². The van der Waals surface area contributed by atoms with Crippen LogP contribution in [0.1, 0.15) is 0 Å². The minimum Gasteiger partial charge on any atom is -0.332 e. The summed E-state index contributed by atoms with van der Waals surface area (Å²) in [5.74, 6) is -0.366. The topological polar surface area (TPSA) is 84.2 Å². The van der Waals surface area contributed by atoms with Crippen molar-refractivity contribution in [2.75, 3.05) is 10.6 Å². The van der Waals surface area contributed by atoms with E-state index in [2.05, 4.69) is 10.6 Å². The molecule has 9 heteroatoms. The van der Waals surface area contributed by atoms with E-state index in [1.807, 2.05) is 22.6 Å². The molecule has 0 aliphatic carbocycles. The number of nitrogens with one attached hydrogen (secondary N) is 2. The maximum Gasteiger partial charge on any atom is 0.238 e. The third kappa shape index (κ3) is 4.87. The number of benzene rings is 2. The highest BCUT2D eigenvalue weighted by Gasteiger charge is 2.07. The highest BCUT2D eigenvalue weighted by molar-refractivity contribution is 14.1. The minimum atomic E-state index is -3.72. The van der Waals surface area contributed by atoms with E-state index in [0.29, 0.717) is 11.4 Å². The molecule has 2 rings (SSSR count). The Morgan fingerprint density at radius 3 is 2.23 bits per heavy atom. The fraction of sp³-hybridized carbons (Fsp3) is 0. The summed E-state index contributed by atoms with van der Waals surface area (Å²) < 4.78 is 36.3. The van der Waals surface area contributed by atoms with Crippen molar-refractivity contribution in [1.82, 2.24) is 0 Å². The van der Waals surface area contributed by atoms with Gasteiger partial charge in [-0.25, -0.2) is 17.9 Å². The molecule has 4 N–H and O–H groups in total. The molecule has 0 saturated carbocycles. The standard InChI is InChI=1S/C13H11FIN3O2S2/c14-8-5-9(15)7-11(6-8)18-13(21)17-10-1-3-12(4-2-10)22(16,19)20/h1-7H,(H2,16,19,20)(H2,17,18,21). The maximum atomic E-state index is 13.3. The fourth-order valence-corrected chi connectivity index (χ4v) is 3.03. The summed E-state index contributed by atoms with van der Waals surface area (Å²) in [4.78, 5) is 0.0108. The SMILES string of the molecule is NS(=O)(=O)c1ccc(NC(=S)Nc2cc(F)cc(I)c2)cc1. The van der Waals surface area contributed by atoms with Gasteiger partial charge in [0.1, 0.15) is 5.82 Å². The molecule has 116 valence electrons. The van der Waals surface area contributed by atoms with Gasteiger partial charge in [0.15, 0.2) is 5.11 Å². The molecule has 0 radical (unpaired) electrons. The molecule has 0 bridgehead atoms. The van der Waals surface area contributed by atoms with Gasteiger partial charge >= 0.3 is 0 Å². The average molecular weight is 451 g/mol. The largest absolute Gasteiger partial charge is 0.332 e. The Labute approximate surface area is 146 Å². The molecule has 0 heterocycles. The first-order valence-electron chi connectivity index (χ1n) is 5.91. The summed E-state index contributed by atoms with van der Waals surface area (Å²) in [7, 11) is -3.72. The molecule has 2 aromatic rings. The van der Waals surface area contributed by atoms with E-state index < -0.39 is 10.0 Å². The van der Waals surface area contributed by atoms with Crippen LogP contribution >= 0.6 is 34.8 Å². The molecule has 0 amide bonds. The lowest BCUT2D eigenvalue weighted by atomic mass is 10.3. The highest BCUT2D eigenvalue weighted by Crippen LogP contribution is 2.17. The monoisotopic (exact) mass is 451 g/mol. The number of halogens is 2. The van der Waals surface area contributed by atoms with Gasteiger partial charge in [-0.15, -0.1) is 0 Å². The molecule has 0 aromatic heterocycles. The molecule has 0 atom stereocenters. The zero-order valence-electron chi connectivity index (χ0n) is 11.0. The second kappa shape index (κ2) is 6.86. The number of primary sulfonamides is 1. The number of anilines is 2. The van der Waals surface area contributed by atoms with Crippen molar-refractivity contribution in [2.45, 2.75) is 4.90 Å². The van der Waals surface area contributed by atoms with Crippen molar-refractivity contribution in [3.05, 3.63) is 51.9 Å². The van der Waals surface area contributed by atoms with Gasteiger partial charge in [-0.05, 0) is 77.3 Å². The summed E-state index contributed by atoms with van der Waals surface area (Å²) in [5, 5.41) is 11.0. The van der Waals surface area contributed by atoms with E-state index in [1.165, 1.54) is 36.4 Å². The van der Waals surface area contributed by atoms with Crippen LogP contribution in [0.4, 0.5) is 15.8 Å². The molecule has 0 unspecified atom stereocenters. The predicted molar refractivity (Wildman–Crippen MR) is 96.8 cm³/mol. The zero-order chi connectivity index (χ0) is 16.3. The first kappa shape index (κ1) is 17.1. The lowest BCUT2D eigenvalue weighted by Crippen LogP contribution is -2.19. The summed E-state index contributed by atoms with van der Waals surface area (Å²) in [5.41, 5.74) is 1.10. The summed E-state index contributed by atoms with van der Waals surface area (Å²) in [6.07, 6.45) is 0. The van der Waals surface area contributed by atoms with Gasteiger partial charge in [0.25, 0.3) is 0 Å². The van der Waals surface area contributed by atoms with Gasteiger partial charge in [0, 0.05) is 14.9 Å². The Bertz CT molecular complexity index is 790. The Morgan fingerprint density at radius 1 is 1.09 bits per heavy atom. The van der Waals surface area contributed by atoms with Crippen LogP contribution < -0.4 is 15.8 Å². The molecule has 0 aliphatic heterocycles. The Morgan fingerprint density at radius 2 is 1.68 bits per heavy atom. The van der Waals surface area contributed by atoms with E-state index in [9.17, 15) is 12.8 Å². The molecule has 0 fully saturated rings. The molecule has 5 nitrogen and oxygen atoms in total. The lowest BCUT2D eigenvalue weighted by molar-refractivity contribution is 0.598. The van der Waals surface area contributed by atoms with Gasteiger partial charge in [-0.2, -0.15) is 0 Å². The van der Waals surface area contributed by atoms with Crippen LogP contribution in [0.2, 0.25) is 0 Å². The summed E-state index contributed by atoms with van der Waals surface area (Å²) in [6.45, 7) is 0. The van der Waals surface area contributed by atoms with Gasteiger partial charge < -0.3 is 10.6 Å². The molecule has 0 aliphatic rings. The quantitative estimate of drug-likeness (QED) is 0.494. The second-order valence-corrected chi connectivity index (χ2v) is 7.52. The average Bonchev–Trinajstić information content (AvgIpc) is 2.36. The number of hydrogen-bond donors (Lipinski definition) is 3. The van der Waals surface area contributed by atoms with Crippen LogP contribution in [-0.4, -0.2) is 13.5 Å². The highest BCUT2D eigenvalue weighted by atomic mass is 127. The lowest BCUT2D eigenvalue weighted by Gasteiger charge is -2.11. The van der Waals surface area contributed by atoms with E-state index in [-0.39, 0.29) is 15.8 Å². The summed E-state index contributed by atoms with van der Waals surface area (Å²) >= 11 is 7.12. The minimum absolute atomic E-state index is 0.0108. The van der Waals surface area contributed by atoms with E-state index in [0.717, 1.165) is 3.57 Å². The van der Waals surface area contributed by atoms with Crippen molar-refractivity contribution in [2.24, 2.45) is 5.14 Å². The first-order chi connectivity index (χ1) is 10.2. The summed E-state index contributed by atoms with van der Waals surface area (Å²) in [6, 6.07) is 10.2.